The van der Waals surface area contributed by atoms with Gasteiger partial charge in [-0.15, -0.1) is 12.4 Å². The van der Waals surface area contributed by atoms with E-state index in [1.54, 1.807) is 6.07 Å². The molecule has 0 fully saturated rings. The summed E-state index contributed by atoms with van der Waals surface area (Å²) in [5.41, 5.74) is 6.25. The number of rotatable bonds is 2. The highest BCUT2D eigenvalue weighted by Crippen LogP contribution is 1.99. The minimum Gasteiger partial charge on any atom is -0.464 e. The van der Waals surface area contributed by atoms with E-state index < -0.39 is 5.97 Å². The molecule has 1 rings (SSSR count). The van der Waals surface area contributed by atoms with Crippen LogP contribution in [-0.2, 0) is 11.3 Å². The Morgan fingerprint density at radius 3 is 2.92 bits per heavy atom. The SMILES string of the molecule is COC(=O)c1cc(CN)[nH]n1.Cl. The third-order valence-corrected chi connectivity index (χ3v) is 1.25. The first kappa shape index (κ1) is 10.9. The lowest BCUT2D eigenvalue weighted by Gasteiger charge is -1.89. The number of nitrogens with one attached hydrogen (secondary N) is 1. The molecule has 0 atom stereocenters. The van der Waals surface area contributed by atoms with Crippen molar-refractivity contribution in [1.29, 1.82) is 0 Å². The average molecular weight is 192 g/mol. The maximum absolute atomic E-state index is 10.8. The number of hydrogen-bond acceptors (Lipinski definition) is 4. The van der Waals surface area contributed by atoms with Crippen molar-refractivity contribution in [3.8, 4) is 0 Å². The molecule has 0 radical (unpaired) electrons. The summed E-state index contributed by atoms with van der Waals surface area (Å²) in [5, 5.41) is 6.27. The summed E-state index contributed by atoms with van der Waals surface area (Å²) in [5.74, 6) is -0.457. The number of nitrogens with zero attached hydrogens (tertiary/aromatic N) is 1. The van der Waals surface area contributed by atoms with Crippen LogP contribution in [0.4, 0.5) is 0 Å². The summed E-state index contributed by atoms with van der Waals surface area (Å²) < 4.78 is 4.43. The Balaban J connectivity index is 0.00000121. The molecule has 12 heavy (non-hydrogen) atoms. The summed E-state index contributed by atoms with van der Waals surface area (Å²) in [4.78, 5) is 10.8. The van der Waals surface area contributed by atoms with Gasteiger partial charge in [0.15, 0.2) is 5.69 Å². The number of H-pyrrole nitrogens is 1. The van der Waals surface area contributed by atoms with Crippen LogP contribution in [0, 0.1) is 0 Å². The van der Waals surface area contributed by atoms with Crippen molar-refractivity contribution in [2.24, 2.45) is 5.73 Å². The number of carbonyl (C=O) groups is 1. The van der Waals surface area contributed by atoms with Gasteiger partial charge >= 0.3 is 5.97 Å². The molecule has 0 aliphatic rings. The quantitative estimate of drug-likeness (QED) is 0.649. The topological polar surface area (TPSA) is 81.0 Å². The van der Waals surface area contributed by atoms with Crippen LogP contribution in [-0.4, -0.2) is 23.3 Å². The first-order valence-corrected chi connectivity index (χ1v) is 3.10. The Hall–Kier alpha value is -1.07. The molecule has 0 bridgehead atoms. The van der Waals surface area contributed by atoms with E-state index in [9.17, 15) is 4.79 Å². The van der Waals surface area contributed by atoms with Crippen LogP contribution in [0.3, 0.4) is 0 Å². The van der Waals surface area contributed by atoms with Gasteiger partial charge in [-0.25, -0.2) is 4.79 Å². The molecule has 0 saturated heterocycles. The van der Waals surface area contributed by atoms with Crippen LogP contribution < -0.4 is 5.73 Å². The van der Waals surface area contributed by atoms with E-state index in [-0.39, 0.29) is 18.1 Å². The maximum Gasteiger partial charge on any atom is 0.358 e. The largest absolute Gasteiger partial charge is 0.464 e. The summed E-state index contributed by atoms with van der Waals surface area (Å²) in [6.07, 6.45) is 0. The molecule has 0 aliphatic carbocycles. The lowest BCUT2D eigenvalue weighted by molar-refractivity contribution is 0.0594. The number of esters is 1. The third kappa shape index (κ3) is 2.21. The highest BCUT2D eigenvalue weighted by atomic mass is 35.5. The molecule has 0 aromatic carbocycles. The van der Waals surface area contributed by atoms with Gasteiger partial charge in [0.2, 0.25) is 0 Å². The standard InChI is InChI=1S/C6H9N3O2.ClH/c1-11-6(10)5-2-4(3-7)8-9-5;/h2H,3,7H2,1H3,(H,8,9);1H. The third-order valence-electron chi connectivity index (χ3n) is 1.25. The molecular formula is C6H10ClN3O2. The van der Waals surface area contributed by atoms with E-state index in [1.165, 1.54) is 7.11 Å². The molecule has 0 saturated carbocycles. The summed E-state index contributed by atoms with van der Waals surface area (Å²) in [6, 6.07) is 1.56. The predicted octanol–water partition coefficient (Wildman–Crippen LogP) is 0.0768. The number of ether oxygens (including phenoxy) is 1. The molecule has 6 heteroatoms. The molecule has 1 heterocycles. The Morgan fingerprint density at radius 1 is 1.83 bits per heavy atom. The number of hydrogen-bond donors (Lipinski definition) is 2. The fourth-order valence-electron chi connectivity index (χ4n) is 0.675. The molecular weight excluding hydrogens is 182 g/mol. The second-order valence-electron chi connectivity index (χ2n) is 1.97. The second kappa shape index (κ2) is 4.74. The first-order valence-electron chi connectivity index (χ1n) is 3.10. The average Bonchev–Trinajstić information content (AvgIpc) is 2.50. The van der Waals surface area contributed by atoms with E-state index in [0.717, 1.165) is 0 Å². The molecule has 0 amide bonds. The van der Waals surface area contributed by atoms with Crippen molar-refractivity contribution >= 4 is 18.4 Å². The lowest BCUT2D eigenvalue weighted by Crippen LogP contribution is -2.00. The van der Waals surface area contributed by atoms with E-state index in [1.807, 2.05) is 0 Å². The van der Waals surface area contributed by atoms with Gasteiger partial charge in [-0.1, -0.05) is 0 Å². The molecule has 3 N–H and O–H groups in total. The van der Waals surface area contributed by atoms with Gasteiger partial charge in [0.1, 0.15) is 0 Å². The molecule has 0 aliphatic heterocycles. The Labute approximate surface area is 75.7 Å². The zero-order chi connectivity index (χ0) is 8.27. The smallest absolute Gasteiger partial charge is 0.358 e. The zero-order valence-electron chi connectivity index (χ0n) is 6.53. The molecule has 0 spiro atoms. The Bertz CT molecular complexity index is 261. The number of methoxy groups -OCH3 is 1. The van der Waals surface area contributed by atoms with Gasteiger partial charge < -0.3 is 10.5 Å². The van der Waals surface area contributed by atoms with Crippen LogP contribution in [0.25, 0.3) is 0 Å². The van der Waals surface area contributed by atoms with E-state index >= 15 is 0 Å². The van der Waals surface area contributed by atoms with Crippen molar-refractivity contribution in [2.75, 3.05) is 7.11 Å². The van der Waals surface area contributed by atoms with E-state index in [4.69, 9.17) is 5.73 Å². The Kier molecular flexibility index (Phi) is 4.31. The molecule has 68 valence electrons. The van der Waals surface area contributed by atoms with E-state index in [2.05, 4.69) is 14.9 Å². The highest BCUT2D eigenvalue weighted by Gasteiger charge is 2.08. The highest BCUT2D eigenvalue weighted by molar-refractivity contribution is 5.87. The second-order valence-corrected chi connectivity index (χ2v) is 1.97. The number of nitrogens with two attached hydrogens (primary N) is 1. The number of aromatic nitrogens is 2. The van der Waals surface area contributed by atoms with Gasteiger partial charge in [-0.2, -0.15) is 5.10 Å². The fraction of sp³-hybridized carbons (Fsp3) is 0.333. The van der Waals surface area contributed by atoms with Gasteiger partial charge in [-0.05, 0) is 6.07 Å². The van der Waals surface area contributed by atoms with Gasteiger partial charge in [-0.3, -0.25) is 5.10 Å². The molecule has 1 aromatic rings. The zero-order valence-corrected chi connectivity index (χ0v) is 7.35. The van der Waals surface area contributed by atoms with Crippen molar-refractivity contribution in [1.82, 2.24) is 10.2 Å². The van der Waals surface area contributed by atoms with Crippen molar-refractivity contribution < 1.29 is 9.53 Å². The van der Waals surface area contributed by atoms with Crippen LogP contribution >= 0.6 is 12.4 Å². The van der Waals surface area contributed by atoms with Crippen molar-refractivity contribution in [2.45, 2.75) is 6.54 Å². The lowest BCUT2D eigenvalue weighted by atomic mass is 10.3. The van der Waals surface area contributed by atoms with Gasteiger partial charge in [0.25, 0.3) is 0 Å². The number of aromatic amines is 1. The van der Waals surface area contributed by atoms with Crippen LogP contribution in [0.1, 0.15) is 16.2 Å². The molecule has 5 nitrogen and oxygen atoms in total. The van der Waals surface area contributed by atoms with Gasteiger partial charge in [0.05, 0.1) is 7.11 Å². The summed E-state index contributed by atoms with van der Waals surface area (Å²) in [7, 11) is 1.30. The van der Waals surface area contributed by atoms with Crippen LogP contribution in [0.15, 0.2) is 6.07 Å². The minimum atomic E-state index is -0.457. The number of halogens is 1. The first-order chi connectivity index (χ1) is 5.27. The monoisotopic (exact) mass is 191 g/mol. The summed E-state index contributed by atoms with van der Waals surface area (Å²) >= 11 is 0. The molecule has 0 unspecified atom stereocenters. The molecule has 1 aromatic heterocycles. The predicted molar refractivity (Wildman–Crippen MR) is 45.1 cm³/mol. The van der Waals surface area contributed by atoms with Crippen LogP contribution in [0.2, 0.25) is 0 Å². The number of carbonyl (C=O) groups excluding carboxylic acids is 1. The van der Waals surface area contributed by atoms with Gasteiger partial charge in [0, 0.05) is 12.2 Å². The summed E-state index contributed by atoms with van der Waals surface area (Å²) in [6.45, 7) is 0.337. The maximum atomic E-state index is 10.8. The van der Waals surface area contributed by atoms with Crippen LogP contribution in [0.5, 0.6) is 0 Å². The normalized spacial score (nSPS) is 8.83. The van der Waals surface area contributed by atoms with E-state index in [0.29, 0.717) is 12.2 Å². The van der Waals surface area contributed by atoms with Crippen molar-refractivity contribution in [3.05, 3.63) is 17.5 Å². The minimum absolute atomic E-state index is 0. The Morgan fingerprint density at radius 2 is 2.50 bits per heavy atom. The fourth-order valence-corrected chi connectivity index (χ4v) is 0.675. The van der Waals surface area contributed by atoms with Crippen molar-refractivity contribution in [3.63, 3.8) is 0 Å².